The molecule has 0 bridgehead atoms. The fraction of sp³-hybridized carbons (Fsp3) is 0.120. The van der Waals surface area contributed by atoms with Crippen LogP contribution in [0.2, 0.25) is 0 Å². The van der Waals surface area contributed by atoms with E-state index >= 15 is 0 Å². The van der Waals surface area contributed by atoms with E-state index in [9.17, 15) is 9.59 Å². The first-order chi connectivity index (χ1) is 14.6. The second-order valence-electron chi connectivity index (χ2n) is 7.05. The molecule has 4 rings (SSSR count). The maximum atomic E-state index is 12.7. The summed E-state index contributed by atoms with van der Waals surface area (Å²) in [4.78, 5) is 29.1. The first-order valence-corrected chi connectivity index (χ1v) is 11.4. The SMILES string of the molecule is Cc1ccc(Sc2ccc(/C=C3\SC(=O)N(CCc4ccccc4)C3=O)cc2)cc1. The van der Waals surface area contributed by atoms with Gasteiger partial charge in [0, 0.05) is 16.3 Å². The second kappa shape index (κ2) is 9.37. The largest absolute Gasteiger partial charge is 0.293 e. The van der Waals surface area contributed by atoms with Crippen LogP contribution in [0.15, 0.2) is 93.6 Å². The summed E-state index contributed by atoms with van der Waals surface area (Å²) in [6, 6.07) is 26.4. The molecule has 0 spiro atoms. The van der Waals surface area contributed by atoms with Crippen LogP contribution in [0.5, 0.6) is 0 Å². The Morgan fingerprint density at radius 1 is 0.867 bits per heavy atom. The lowest BCUT2D eigenvalue weighted by atomic mass is 10.1. The summed E-state index contributed by atoms with van der Waals surface area (Å²) in [6.45, 7) is 2.48. The predicted octanol–water partition coefficient (Wildman–Crippen LogP) is 6.43. The highest BCUT2D eigenvalue weighted by molar-refractivity contribution is 8.18. The minimum absolute atomic E-state index is 0.200. The summed E-state index contributed by atoms with van der Waals surface area (Å²) < 4.78 is 0. The van der Waals surface area contributed by atoms with Gasteiger partial charge < -0.3 is 0 Å². The monoisotopic (exact) mass is 431 g/mol. The van der Waals surface area contributed by atoms with Crippen LogP contribution in [0, 0.1) is 6.92 Å². The third kappa shape index (κ3) is 5.04. The van der Waals surface area contributed by atoms with Crippen molar-refractivity contribution in [2.45, 2.75) is 23.1 Å². The average Bonchev–Trinajstić information content (AvgIpc) is 3.03. The van der Waals surface area contributed by atoms with Gasteiger partial charge in [0.1, 0.15) is 0 Å². The Labute approximate surface area is 185 Å². The number of hydrogen-bond donors (Lipinski definition) is 0. The van der Waals surface area contributed by atoms with E-state index in [1.54, 1.807) is 17.8 Å². The number of hydrogen-bond acceptors (Lipinski definition) is 4. The van der Waals surface area contributed by atoms with Gasteiger partial charge in [-0.15, -0.1) is 0 Å². The number of imide groups is 1. The molecule has 0 aromatic heterocycles. The Kier molecular flexibility index (Phi) is 6.41. The first kappa shape index (κ1) is 20.5. The minimum Gasteiger partial charge on any atom is -0.268 e. The third-order valence-electron chi connectivity index (χ3n) is 4.78. The van der Waals surface area contributed by atoms with Gasteiger partial charge >= 0.3 is 0 Å². The molecule has 30 heavy (non-hydrogen) atoms. The van der Waals surface area contributed by atoms with Crippen molar-refractivity contribution >= 4 is 40.7 Å². The summed E-state index contributed by atoms with van der Waals surface area (Å²) in [5.41, 5.74) is 3.27. The van der Waals surface area contributed by atoms with Crippen molar-refractivity contribution in [1.29, 1.82) is 0 Å². The molecule has 0 radical (unpaired) electrons. The summed E-state index contributed by atoms with van der Waals surface area (Å²) >= 11 is 2.71. The van der Waals surface area contributed by atoms with Gasteiger partial charge in [0.2, 0.25) is 0 Å². The van der Waals surface area contributed by atoms with Crippen molar-refractivity contribution in [2.75, 3.05) is 6.54 Å². The molecule has 0 N–H and O–H groups in total. The molecular weight excluding hydrogens is 410 g/mol. The lowest BCUT2D eigenvalue weighted by molar-refractivity contribution is -0.122. The topological polar surface area (TPSA) is 37.4 Å². The molecule has 0 aliphatic carbocycles. The molecule has 1 heterocycles. The minimum atomic E-state index is -0.209. The highest BCUT2D eigenvalue weighted by atomic mass is 32.2. The van der Waals surface area contributed by atoms with E-state index in [4.69, 9.17) is 0 Å². The van der Waals surface area contributed by atoms with Gasteiger partial charge in [0.05, 0.1) is 4.91 Å². The molecule has 0 unspecified atom stereocenters. The zero-order valence-electron chi connectivity index (χ0n) is 16.6. The lowest BCUT2D eigenvalue weighted by Gasteiger charge is -2.12. The highest BCUT2D eigenvalue weighted by Crippen LogP contribution is 2.33. The molecule has 1 saturated heterocycles. The van der Waals surface area contributed by atoms with Crippen molar-refractivity contribution in [3.8, 4) is 0 Å². The Hall–Kier alpha value is -2.76. The van der Waals surface area contributed by atoms with Crippen molar-refractivity contribution in [3.63, 3.8) is 0 Å². The Bertz CT molecular complexity index is 1070. The summed E-state index contributed by atoms with van der Waals surface area (Å²) in [5.74, 6) is -0.209. The number of amides is 2. The standard InChI is InChI=1S/C25H21NO2S2/c1-18-7-11-21(12-8-18)29-22-13-9-20(10-14-22)17-23-24(27)26(25(28)30-23)16-15-19-5-3-2-4-6-19/h2-14,17H,15-16H2,1H3/b23-17-. The fourth-order valence-corrected chi connectivity index (χ4v) is 4.79. The maximum Gasteiger partial charge on any atom is 0.293 e. The molecule has 3 aromatic carbocycles. The molecule has 3 aromatic rings. The quantitative estimate of drug-likeness (QED) is 0.422. The van der Waals surface area contributed by atoms with Gasteiger partial charge in [0.25, 0.3) is 11.1 Å². The van der Waals surface area contributed by atoms with E-state index in [0.29, 0.717) is 17.9 Å². The van der Waals surface area contributed by atoms with Gasteiger partial charge in [-0.05, 0) is 66.6 Å². The van der Waals surface area contributed by atoms with Crippen LogP contribution >= 0.6 is 23.5 Å². The Morgan fingerprint density at radius 2 is 1.50 bits per heavy atom. The number of aryl methyl sites for hydroxylation is 1. The first-order valence-electron chi connectivity index (χ1n) is 9.72. The fourth-order valence-electron chi connectivity index (χ4n) is 3.10. The molecule has 1 aliphatic rings. The molecule has 2 amide bonds. The number of carbonyl (C=O) groups excluding carboxylic acids is 2. The molecule has 1 aliphatic heterocycles. The van der Waals surface area contributed by atoms with E-state index < -0.39 is 0 Å². The van der Waals surface area contributed by atoms with Gasteiger partial charge in [-0.1, -0.05) is 71.9 Å². The molecule has 0 saturated carbocycles. The summed E-state index contributed by atoms with van der Waals surface area (Å²) in [7, 11) is 0. The Balaban J connectivity index is 1.40. The number of carbonyl (C=O) groups is 2. The van der Waals surface area contributed by atoms with Crippen molar-refractivity contribution in [1.82, 2.24) is 4.90 Å². The Morgan fingerprint density at radius 3 is 2.17 bits per heavy atom. The zero-order valence-corrected chi connectivity index (χ0v) is 18.2. The predicted molar refractivity (Wildman–Crippen MR) is 125 cm³/mol. The number of thioether (sulfide) groups is 1. The van der Waals surface area contributed by atoms with Crippen molar-refractivity contribution in [2.24, 2.45) is 0 Å². The van der Waals surface area contributed by atoms with Gasteiger partial charge in [0.15, 0.2) is 0 Å². The zero-order chi connectivity index (χ0) is 20.9. The molecular formula is C25H21NO2S2. The third-order valence-corrected chi connectivity index (χ3v) is 6.70. The van der Waals surface area contributed by atoms with E-state index in [2.05, 4.69) is 31.2 Å². The lowest BCUT2D eigenvalue weighted by Crippen LogP contribution is -2.30. The number of nitrogens with zero attached hydrogens (tertiary/aromatic N) is 1. The molecule has 1 fully saturated rings. The van der Waals surface area contributed by atoms with E-state index in [1.807, 2.05) is 54.6 Å². The van der Waals surface area contributed by atoms with Crippen LogP contribution in [0.3, 0.4) is 0 Å². The molecule has 5 heteroatoms. The second-order valence-corrected chi connectivity index (χ2v) is 9.19. The average molecular weight is 432 g/mol. The maximum absolute atomic E-state index is 12.7. The summed E-state index contributed by atoms with van der Waals surface area (Å²) in [5, 5.41) is -0.200. The van der Waals surface area contributed by atoms with Crippen LogP contribution in [0.4, 0.5) is 4.79 Å². The van der Waals surface area contributed by atoms with Crippen molar-refractivity contribution in [3.05, 3.63) is 100 Å². The van der Waals surface area contributed by atoms with Crippen LogP contribution in [-0.2, 0) is 11.2 Å². The van der Waals surface area contributed by atoms with Crippen LogP contribution in [0.1, 0.15) is 16.7 Å². The van der Waals surface area contributed by atoms with Gasteiger partial charge in [-0.25, -0.2) is 0 Å². The van der Waals surface area contributed by atoms with Gasteiger partial charge in [-0.2, -0.15) is 0 Å². The van der Waals surface area contributed by atoms with Crippen LogP contribution in [-0.4, -0.2) is 22.6 Å². The summed E-state index contributed by atoms with van der Waals surface area (Å²) in [6.07, 6.45) is 2.46. The highest BCUT2D eigenvalue weighted by Gasteiger charge is 2.34. The smallest absolute Gasteiger partial charge is 0.268 e. The van der Waals surface area contributed by atoms with Gasteiger partial charge in [-0.3, -0.25) is 14.5 Å². The molecule has 3 nitrogen and oxygen atoms in total. The van der Waals surface area contributed by atoms with E-state index in [1.165, 1.54) is 15.4 Å². The van der Waals surface area contributed by atoms with E-state index in [-0.39, 0.29) is 11.1 Å². The molecule has 150 valence electrons. The normalized spacial score (nSPS) is 15.2. The van der Waals surface area contributed by atoms with Crippen molar-refractivity contribution < 1.29 is 9.59 Å². The number of rotatable bonds is 6. The van der Waals surface area contributed by atoms with E-state index in [0.717, 1.165) is 27.8 Å². The molecule has 0 atom stereocenters. The van der Waals surface area contributed by atoms with Crippen LogP contribution < -0.4 is 0 Å². The van der Waals surface area contributed by atoms with Crippen LogP contribution in [0.25, 0.3) is 6.08 Å². The number of benzene rings is 3.